The van der Waals surface area contributed by atoms with Gasteiger partial charge in [0.05, 0.1) is 5.69 Å². The highest BCUT2D eigenvalue weighted by atomic mass is 19.1. The van der Waals surface area contributed by atoms with E-state index in [4.69, 9.17) is 0 Å². The van der Waals surface area contributed by atoms with Crippen molar-refractivity contribution in [1.82, 2.24) is 14.9 Å². The van der Waals surface area contributed by atoms with Crippen LogP contribution in [-0.2, 0) is 19.5 Å². The van der Waals surface area contributed by atoms with Crippen LogP contribution < -0.4 is 5.56 Å². The Balaban J connectivity index is 1.62. The van der Waals surface area contributed by atoms with Crippen molar-refractivity contribution in [3.05, 3.63) is 86.8 Å². The Hall–Kier alpha value is -2.86. The van der Waals surface area contributed by atoms with E-state index in [2.05, 4.69) is 9.97 Å². The van der Waals surface area contributed by atoms with Gasteiger partial charge in [-0.1, -0.05) is 29.8 Å². The molecule has 0 spiro atoms. The second-order valence-corrected chi connectivity index (χ2v) is 6.90. The van der Waals surface area contributed by atoms with Gasteiger partial charge in [0.2, 0.25) is 0 Å². The topological polar surface area (TPSA) is 49.0 Å². The number of hydrogen-bond acceptors (Lipinski definition) is 3. The number of benzene rings is 2. The molecular weight excluding hydrogens is 348 g/mol. The van der Waals surface area contributed by atoms with Gasteiger partial charge in [-0.15, -0.1) is 0 Å². The van der Waals surface area contributed by atoms with Crippen molar-refractivity contribution in [2.75, 3.05) is 6.54 Å². The fourth-order valence-corrected chi connectivity index (χ4v) is 3.38. The van der Waals surface area contributed by atoms with Crippen molar-refractivity contribution < 1.29 is 8.78 Å². The summed E-state index contributed by atoms with van der Waals surface area (Å²) < 4.78 is 27.4. The van der Waals surface area contributed by atoms with Gasteiger partial charge in [-0.3, -0.25) is 9.69 Å². The number of rotatable bonds is 3. The molecule has 3 aromatic rings. The summed E-state index contributed by atoms with van der Waals surface area (Å²) >= 11 is 0. The minimum Gasteiger partial charge on any atom is -0.306 e. The average molecular weight is 367 g/mol. The molecule has 0 aliphatic carbocycles. The average Bonchev–Trinajstić information content (AvgIpc) is 2.65. The molecule has 0 fully saturated rings. The predicted octanol–water partition coefficient (Wildman–Crippen LogP) is 3.58. The Labute approximate surface area is 155 Å². The molecule has 0 amide bonds. The summed E-state index contributed by atoms with van der Waals surface area (Å²) in [5.41, 5.74) is 3.50. The van der Waals surface area contributed by atoms with Gasteiger partial charge < -0.3 is 4.98 Å². The van der Waals surface area contributed by atoms with Crippen LogP contribution in [0.3, 0.4) is 0 Å². The number of fused-ring (bicyclic) bond motifs is 1. The lowest BCUT2D eigenvalue weighted by Gasteiger charge is -2.27. The summed E-state index contributed by atoms with van der Waals surface area (Å²) in [7, 11) is 0. The van der Waals surface area contributed by atoms with E-state index in [0.717, 1.165) is 23.3 Å². The van der Waals surface area contributed by atoms with Crippen LogP contribution >= 0.6 is 0 Å². The first kappa shape index (κ1) is 17.5. The Morgan fingerprint density at radius 2 is 1.93 bits per heavy atom. The molecule has 0 saturated carbocycles. The number of halogens is 2. The van der Waals surface area contributed by atoms with Crippen molar-refractivity contribution in [1.29, 1.82) is 0 Å². The van der Waals surface area contributed by atoms with E-state index in [9.17, 15) is 13.6 Å². The van der Waals surface area contributed by atoms with Gasteiger partial charge in [0.1, 0.15) is 17.5 Å². The van der Waals surface area contributed by atoms with E-state index >= 15 is 0 Å². The minimum atomic E-state index is -0.458. The normalized spacial score (nSPS) is 14.2. The third kappa shape index (κ3) is 3.66. The predicted molar refractivity (Wildman–Crippen MR) is 99.2 cm³/mol. The molecule has 0 unspecified atom stereocenters. The lowest BCUT2D eigenvalue weighted by molar-refractivity contribution is 0.237. The zero-order valence-corrected chi connectivity index (χ0v) is 14.9. The number of nitrogens with one attached hydrogen (secondary N) is 1. The first-order chi connectivity index (χ1) is 13.0. The van der Waals surface area contributed by atoms with Crippen LogP contribution in [0.1, 0.15) is 22.4 Å². The molecule has 2 heterocycles. The molecular formula is C21H19F2N3O. The summed E-state index contributed by atoms with van der Waals surface area (Å²) in [5.74, 6) is -0.362. The van der Waals surface area contributed by atoms with Gasteiger partial charge in [-0.05, 0) is 31.5 Å². The molecule has 0 radical (unpaired) electrons. The maximum atomic E-state index is 13.9. The standard InChI is InChI=1S/C21H19F2N3O/c1-13-2-4-14(5-3-13)20-24-19-12-26(9-8-17(19)21(27)25-20)11-15-10-16(22)6-7-18(15)23/h2-7,10H,8-9,11-12H2,1H3,(H,24,25,27). The van der Waals surface area contributed by atoms with Gasteiger partial charge in [-0.25, -0.2) is 13.8 Å². The van der Waals surface area contributed by atoms with Crippen LogP contribution in [0.5, 0.6) is 0 Å². The van der Waals surface area contributed by atoms with Crippen molar-refractivity contribution in [3.63, 3.8) is 0 Å². The smallest absolute Gasteiger partial charge is 0.254 e. The maximum absolute atomic E-state index is 13.9. The monoisotopic (exact) mass is 367 g/mol. The highest BCUT2D eigenvalue weighted by Crippen LogP contribution is 2.21. The molecule has 1 aromatic heterocycles. The molecule has 6 heteroatoms. The molecule has 0 atom stereocenters. The fourth-order valence-electron chi connectivity index (χ4n) is 3.38. The molecule has 4 rings (SSSR count). The number of aromatic amines is 1. The maximum Gasteiger partial charge on any atom is 0.254 e. The van der Waals surface area contributed by atoms with Gasteiger partial charge in [-0.2, -0.15) is 0 Å². The number of nitrogens with zero attached hydrogens (tertiary/aromatic N) is 2. The zero-order chi connectivity index (χ0) is 19.0. The third-order valence-corrected chi connectivity index (χ3v) is 4.88. The first-order valence-electron chi connectivity index (χ1n) is 8.85. The van der Waals surface area contributed by atoms with E-state index in [1.54, 1.807) is 0 Å². The number of hydrogen-bond donors (Lipinski definition) is 1. The van der Waals surface area contributed by atoms with Crippen molar-refractivity contribution in [3.8, 4) is 11.4 Å². The van der Waals surface area contributed by atoms with Crippen LogP contribution in [0.2, 0.25) is 0 Å². The molecule has 138 valence electrons. The number of aryl methyl sites for hydroxylation is 1. The lowest BCUT2D eigenvalue weighted by atomic mass is 10.0. The first-order valence-corrected chi connectivity index (χ1v) is 8.85. The molecule has 0 saturated heterocycles. The van der Waals surface area contributed by atoms with Crippen LogP contribution in [0, 0.1) is 18.6 Å². The zero-order valence-electron chi connectivity index (χ0n) is 14.9. The molecule has 2 aromatic carbocycles. The largest absolute Gasteiger partial charge is 0.306 e. The summed E-state index contributed by atoms with van der Waals surface area (Å²) in [5, 5.41) is 0. The number of aromatic nitrogens is 2. The third-order valence-electron chi connectivity index (χ3n) is 4.88. The molecule has 1 aliphatic rings. The summed E-state index contributed by atoms with van der Waals surface area (Å²) in [6, 6.07) is 11.2. The van der Waals surface area contributed by atoms with Crippen LogP contribution in [0.15, 0.2) is 47.3 Å². The second kappa shape index (κ2) is 7.04. The highest BCUT2D eigenvalue weighted by Gasteiger charge is 2.22. The van der Waals surface area contributed by atoms with E-state index in [1.807, 2.05) is 36.1 Å². The van der Waals surface area contributed by atoms with Gasteiger partial charge in [0.15, 0.2) is 0 Å². The van der Waals surface area contributed by atoms with Gasteiger partial charge in [0, 0.05) is 36.3 Å². The minimum absolute atomic E-state index is 0.132. The van der Waals surface area contributed by atoms with Crippen LogP contribution in [0.4, 0.5) is 8.78 Å². The Bertz CT molecular complexity index is 1040. The molecule has 1 N–H and O–H groups in total. The summed E-state index contributed by atoms with van der Waals surface area (Å²) in [4.78, 5) is 21.9. The molecule has 1 aliphatic heterocycles. The highest BCUT2D eigenvalue weighted by molar-refractivity contribution is 5.55. The van der Waals surface area contributed by atoms with Gasteiger partial charge >= 0.3 is 0 Å². The lowest BCUT2D eigenvalue weighted by Crippen LogP contribution is -2.35. The number of H-pyrrole nitrogens is 1. The summed E-state index contributed by atoms with van der Waals surface area (Å²) in [6.45, 7) is 3.29. The molecule has 4 nitrogen and oxygen atoms in total. The van der Waals surface area contributed by atoms with Crippen molar-refractivity contribution in [2.45, 2.75) is 26.4 Å². The van der Waals surface area contributed by atoms with Gasteiger partial charge in [0.25, 0.3) is 5.56 Å². The Kier molecular flexibility index (Phi) is 4.58. The Morgan fingerprint density at radius 1 is 1.15 bits per heavy atom. The SMILES string of the molecule is Cc1ccc(-c2nc3c(c(=O)[nH]2)CCN(Cc2cc(F)ccc2F)C3)cc1. The summed E-state index contributed by atoms with van der Waals surface area (Å²) in [6.07, 6.45) is 0.531. The van der Waals surface area contributed by atoms with E-state index < -0.39 is 11.6 Å². The van der Waals surface area contributed by atoms with Crippen molar-refractivity contribution in [2.24, 2.45) is 0 Å². The van der Waals surface area contributed by atoms with E-state index in [0.29, 0.717) is 42.2 Å². The van der Waals surface area contributed by atoms with E-state index in [-0.39, 0.29) is 12.1 Å². The van der Waals surface area contributed by atoms with E-state index in [1.165, 1.54) is 6.07 Å². The van der Waals surface area contributed by atoms with Crippen molar-refractivity contribution >= 4 is 0 Å². The quantitative estimate of drug-likeness (QED) is 0.770. The Morgan fingerprint density at radius 3 is 2.70 bits per heavy atom. The molecule has 0 bridgehead atoms. The van der Waals surface area contributed by atoms with Crippen LogP contribution in [-0.4, -0.2) is 21.4 Å². The van der Waals surface area contributed by atoms with Crippen LogP contribution in [0.25, 0.3) is 11.4 Å². The second-order valence-electron chi connectivity index (χ2n) is 6.90. The molecule has 27 heavy (non-hydrogen) atoms. The fraction of sp³-hybridized carbons (Fsp3) is 0.238.